The Labute approximate surface area is 374 Å². The monoisotopic (exact) mass is 886 g/mol. The zero-order valence-corrected chi connectivity index (χ0v) is 37.8. The van der Waals surface area contributed by atoms with E-state index < -0.39 is 70.3 Å². The molecule has 2 fully saturated rings. The summed E-state index contributed by atoms with van der Waals surface area (Å²) in [6, 6.07) is 15.5. The molecule has 0 aromatic heterocycles. The number of carbonyl (C=O) groups excluding carboxylic acids is 3. The van der Waals surface area contributed by atoms with Crippen molar-refractivity contribution < 1.29 is 42.2 Å². The summed E-state index contributed by atoms with van der Waals surface area (Å²) >= 11 is 0. The number of Topliss-reactive ketones (excluding diaryl/α,β-unsaturated/α-hetero) is 3. The summed E-state index contributed by atoms with van der Waals surface area (Å²) in [6.07, 6.45) is 3.06. The molecule has 2 N–H and O–H groups in total. The zero-order valence-electron chi connectivity index (χ0n) is 37.8. The molecule has 2 aliphatic heterocycles. The van der Waals surface area contributed by atoms with Gasteiger partial charge in [-0.3, -0.25) is 14.4 Å². The number of aromatic hydroxyl groups is 2. The van der Waals surface area contributed by atoms with Gasteiger partial charge in [0.2, 0.25) is 0 Å². The summed E-state index contributed by atoms with van der Waals surface area (Å²) in [4.78, 5) is 54.2. The Kier molecular flexibility index (Phi) is 16.2. The predicted octanol–water partition coefficient (Wildman–Crippen LogP) is 8.25. The fourth-order valence-corrected chi connectivity index (χ4v) is 10.1. The molecule has 4 aromatic rings. The second kappa shape index (κ2) is 21.4. The van der Waals surface area contributed by atoms with E-state index in [1.807, 2.05) is 38.0 Å². The molecule has 0 bridgehead atoms. The lowest BCUT2D eigenvalue weighted by atomic mass is 9.62. The molecular formula is C51H62F4N4O5. The first-order valence-corrected chi connectivity index (χ1v) is 22.3. The number of likely N-dealkylation sites (tertiary alicyclic amines) is 2. The largest absolute Gasteiger partial charge is 0.508 e. The van der Waals surface area contributed by atoms with Gasteiger partial charge in [-0.15, -0.1) is 0 Å². The van der Waals surface area contributed by atoms with Crippen LogP contribution in [0.2, 0.25) is 0 Å². The molecule has 6 rings (SSSR count). The summed E-state index contributed by atoms with van der Waals surface area (Å²) in [5.74, 6) is -11.2. The lowest BCUT2D eigenvalue weighted by molar-refractivity contribution is -0.133. The van der Waals surface area contributed by atoms with Crippen LogP contribution in [-0.4, -0.2) is 128 Å². The van der Waals surface area contributed by atoms with E-state index >= 15 is 22.4 Å². The molecular weight excluding hydrogens is 825 g/mol. The topological polar surface area (TPSA) is 105 Å². The number of hydrogen-bond acceptors (Lipinski definition) is 9. The van der Waals surface area contributed by atoms with Crippen LogP contribution in [0.3, 0.4) is 0 Å². The quantitative estimate of drug-likeness (QED) is 0.0581. The van der Waals surface area contributed by atoms with E-state index in [1.165, 1.54) is 24.3 Å². The molecule has 6 atom stereocenters. The molecule has 64 heavy (non-hydrogen) atoms. The normalized spacial score (nSPS) is 22.0. The van der Waals surface area contributed by atoms with Gasteiger partial charge < -0.3 is 29.8 Å². The first-order valence-electron chi connectivity index (χ1n) is 22.3. The highest BCUT2D eigenvalue weighted by Crippen LogP contribution is 2.48. The molecule has 0 radical (unpaired) electrons. The van der Waals surface area contributed by atoms with Crippen molar-refractivity contribution in [2.75, 3.05) is 80.5 Å². The van der Waals surface area contributed by atoms with Gasteiger partial charge in [0.15, 0.2) is 11.6 Å². The van der Waals surface area contributed by atoms with Crippen LogP contribution in [-0.2, 0) is 4.79 Å². The van der Waals surface area contributed by atoms with Crippen molar-refractivity contribution >= 4 is 17.3 Å². The second-order valence-electron chi connectivity index (χ2n) is 18.4. The minimum absolute atomic E-state index is 0.118. The zero-order chi connectivity index (χ0) is 46.4. The average Bonchev–Trinajstić information content (AvgIpc) is 3.26. The minimum Gasteiger partial charge on any atom is -0.508 e. The van der Waals surface area contributed by atoms with Crippen molar-refractivity contribution in [1.82, 2.24) is 19.6 Å². The lowest BCUT2D eigenvalue weighted by Crippen LogP contribution is -2.56. The molecule has 2 aliphatic rings. The number of benzene rings is 4. The number of unbranched alkanes of at least 4 members (excludes halogenated alkanes) is 2. The van der Waals surface area contributed by atoms with Crippen LogP contribution in [0.5, 0.6) is 11.5 Å². The molecule has 0 amide bonds. The van der Waals surface area contributed by atoms with Crippen LogP contribution in [0.4, 0.5) is 17.6 Å². The van der Waals surface area contributed by atoms with Crippen molar-refractivity contribution in [3.8, 4) is 11.5 Å². The third kappa shape index (κ3) is 11.1. The molecule has 4 aromatic carbocycles. The Bertz CT molecular complexity index is 2150. The first kappa shape index (κ1) is 48.5. The molecule has 0 saturated carbocycles. The van der Waals surface area contributed by atoms with Crippen LogP contribution in [0.15, 0.2) is 72.8 Å². The summed E-state index contributed by atoms with van der Waals surface area (Å²) in [5, 5.41) is 20.9. The molecule has 9 nitrogen and oxygen atoms in total. The molecule has 0 spiro atoms. The van der Waals surface area contributed by atoms with E-state index in [1.54, 1.807) is 26.0 Å². The van der Waals surface area contributed by atoms with Crippen molar-refractivity contribution in [3.63, 3.8) is 0 Å². The molecule has 6 unspecified atom stereocenters. The first-order chi connectivity index (χ1) is 30.5. The Morgan fingerprint density at radius 3 is 1.30 bits per heavy atom. The van der Waals surface area contributed by atoms with Gasteiger partial charge in [0.1, 0.15) is 40.6 Å². The van der Waals surface area contributed by atoms with Gasteiger partial charge in [0.05, 0.1) is 11.1 Å². The number of hydrogen-bond donors (Lipinski definition) is 2. The van der Waals surface area contributed by atoms with E-state index in [-0.39, 0.29) is 65.7 Å². The lowest BCUT2D eigenvalue weighted by Gasteiger charge is -2.48. The smallest absolute Gasteiger partial charge is 0.170 e. The van der Waals surface area contributed by atoms with E-state index in [2.05, 4.69) is 9.80 Å². The number of phenolic OH excluding ortho intramolecular Hbond substituents is 2. The van der Waals surface area contributed by atoms with Crippen molar-refractivity contribution in [2.45, 2.75) is 51.4 Å². The highest BCUT2D eigenvalue weighted by atomic mass is 19.1. The maximum Gasteiger partial charge on any atom is 0.170 e. The van der Waals surface area contributed by atoms with E-state index in [0.717, 1.165) is 62.3 Å². The van der Waals surface area contributed by atoms with Gasteiger partial charge in [-0.2, -0.15) is 0 Å². The fraction of sp³-hybridized carbons (Fsp3) is 0.471. The third-order valence-electron chi connectivity index (χ3n) is 13.4. The summed E-state index contributed by atoms with van der Waals surface area (Å²) in [5.41, 5.74) is 0.587. The van der Waals surface area contributed by atoms with E-state index in [0.29, 0.717) is 37.1 Å². The Balaban J connectivity index is 1.54. The number of carbonyl (C=O) groups is 3. The molecule has 2 saturated heterocycles. The van der Waals surface area contributed by atoms with Gasteiger partial charge in [-0.05, 0) is 165 Å². The minimum atomic E-state index is -1.08. The SMILES string of the molecule is Cc1c(F)cccc1C1C(C(=O)c2cc(O)ccc2F)CN(CCCCN(C)C)CC1C(=O)C1CN(CCCCN(C)C)CC(C(=O)c2cc(O)ccc2F)C1c1cccc(F)c1C. The van der Waals surface area contributed by atoms with Gasteiger partial charge in [-0.25, -0.2) is 17.6 Å². The van der Waals surface area contributed by atoms with Gasteiger partial charge >= 0.3 is 0 Å². The summed E-state index contributed by atoms with van der Waals surface area (Å²) in [7, 11) is 7.89. The molecule has 13 heteroatoms. The maximum atomic E-state index is 16.2. The number of phenols is 2. The van der Waals surface area contributed by atoms with Crippen molar-refractivity contribution in [2.24, 2.45) is 23.7 Å². The van der Waals surface area contributed by atoms with Gasteiger partial charge in [-0.1, -0.05) is 24.3 Å². The molecule has 0 aliphatic carbocycles. The van der Waals surface area contributed by atoms with Crippen LogP contribution in [0, 0.1) is 60.8 Å². The molecule has 344 valence electrons. The highest BCUT2D eigenvalue weighted by Gasteiger charge is 2.52. The standard InChI is InChI=1S/C51H62F4N4O5/c1-31-35(13-11-15-43(31)52)47-39(49(62)37-25-33(60)17-19-45(37)54)27-58(23-9-7-21-56(3)4)29-41(47)51(64)42-30-59(24-10-8-22-57(5)6)28-40(48(42)36-14-12-16-44(53)32(36)2)50(63)38-26-34(61)18-20-46(38)55/h11-20,25-26,39-42,47-48,60-61H,7-10,21-24,27-30H2,1-6H3. The molecule has 2 heterocycles. The van der Waals surface area contributed by atoms with Gasteiger partial charge in [0.25, 0.3) is 0 Å². The Hall–Kier alpha value is -4.95. The average molecular weight is 887 g/mol. The highest BCUT2D eigenvalue weighted by molar-refractivity contribution is 6.01. The number of piperidine rings is 2. The van der Waals surface area contributed by atoms with E-state index in [4.69, 9.17) is 0 Å². The predicted molar refractivity (Wildman–Crippen MR) is 240 cm³/mol. The number of rotatable bonds is 18. The summed E-state index contributed by atoms with van der Waals surface area (Å²) in [6.45, 7) is 6.30. The number of halogens is 4. The number of nitrogens with zero attached hydrogens (tertiary/aromatic N) is 4. The van der Waals surface area contributed by atoms with Crippen LogP contribution in [0.1, 0.15) is 80.5 Å². The summed E-state index contributed by atoms with van der Waals surface area (Å²) < 4.78 is 62.7. The fourth-order valence-electron chi connectivity index (χ4n) is 10.1. The third-order valence-corrected chi connectivity index (χ3v) is 13.4. The number of ketones is 3. The van der Waals surface area contributed by atoms with Crippen LogP contribution >= 0.6 is 0 Å². The Morgan fingerprint density at radius 2 is 0.922 bits per heavy atom. The van der Waals surface area contributed by atoms with Crippen molar-refractivity contribution in [1.29, 1.82) is 0 Å². The van der Waals surface area contributed by atoms with E-state index in [9.17, 15) is 19.8 Å². The maximum absolute atomic E-state index is 16.2. The van der Waals surface area contributed by atoms with Crippen LogP contribution < -0.4 is 0 Å². The van der Waals surface area contributed by atoms with Gasteiger partial charge in [0, 0.05) is 61.7 Å². The van der Waals surface area contributed by atoms with Crippen LogP contribution in [0.25, 0.3) is 0 Å². The Morgan fingerprint density at radius 1 is 0.547 bits per heavy atom. The van der Waals surface area contributed by atoms with Crippen molar-refractivity contribution in [3.05, 3.63) is 129 Å². The second-order valence-corrected chi connectivity index (χ2v) is 18.4.